The summed E-state index contributed by atoms with van der Waals surface area (Å²) in [5.74, 6) is 0. The number of carbonyl (C=O) groups is 1. The predicted molar refractivity (Wildman–Crippen MR) is 73.8 cm³/mol. The van der Waals surface area contributed by atoms with E-state index in [2.05, 4.69) is 15.3 Å². The van der Waals surface area contributed by atoms with E-state index in [1.807, 2.05) is 4.90 Å². The summed E-state index contributed by atoms with van der Waals surface area (Å²) in [7, 11) is 0. The highest BCUT2D eigenvalue weighted by Crippen LogP contribution is 2.18. The van der Waals surface area contributed by atoms with Crippen molar-refractivity contribution >= 4 is 6.03 Å². The number of likely N-dealkylation sites (tertiary alicyclic amines) is 1. The van der Waals surface area contributed by atoms with Crippen LogP contribution in [0, 0.1) is 0 Å². The summed E-state index contributed by atoms with van der Waals surface area (Å²) in [6, 6.07) is 0.475. The topological polar surface area (TPSA) is 81.1 Å². The van der Waals surface area contributed by atoms with Crippen molar-refractivity contribution < 1.29 is 4.79 Å². The summed E-state index contributed by atoms with van der Waals surface area (Å²) < 4.78 is 0. The van der Waals surface area contributed by atoms with Gasteiger partial charge in [0.05, 0.1) is 0 Å². The molecule has 6 heteroatoms. The van der Waals surface area contributed by atoms with Crippen LogP contribution in [0.2, 0.25) is 0 Å². The molecule has 2 amide bonds. The summed E-state index contributed by atoms with van der Waals surface area (Å²) in [6.07, 6.45) is 8.83. The largest absolute Gasteiger partial charge is 0.335 e. The van der Waals surface area contributed by atoms with Crippen LogP contribution in [-0.4, -0.2) is 36.1 Å². The van der Waals surface area contributed by atoms with Crippen molar-refractivity contribution in [3.05, 3.63) is 10.4 Å². The lowest BCUT2D eigenvalue weighted by atomic mass is 10.1. The lowest BCUT2D eigenvalue weighted by Gasteiger charge is -2.31. The molecule has 1 N–H and O–H groups in total. The van der Waals surface area contributed by atoms with E-state index in [0.29, 0.717) is 19.1 Å². The summed E-state index contributed by atoms with van der Waals surface area (Å²) in [4.78, 5) is 16.8. The van der Waals surface area contributed by atoms with Gasteiger partial charge in [0.25, 0.3) is 0 Å². The number of urea groups is 1. The van der Waals surface area contributed by atoms with Crippen molar-refractivity contribution in [2.24, 2.45) is 5.11 Å². The number of piperidine rings is 1. The van der Waals surface area contributed by atoms with Gasteiger partial charge < -0.3 is 10.2 Å². The Bertz CT molecular complexity index is 337. The van der Waals surface area contributed by atoms with Crippen LogP contribution >= 0.6 is 0 Å². The van der Waals surface area contributed by atoms with Gasteiger partial charge in [0.15, 0.2) is 0 Å². The van der Waals surface area contributed by atoms with Gasteiger partial charge in [0, 0.05) is 30.1 Å². The van der Waals surface area contributed by atoms with Crippen molar-refractivity contribution in [3.63, 3.8) is 0 Å². The molecule has 0 radical (unpaired) electrons. The average molecular weight is 265 g/mol. The molecule has 0 bridgehead atoms. The van der Waals surface area contributed by atoms with Crippen molar-refractivity contribution in [2.45, 2.75) is 63.5 Å². The van der Waals surface area contributed by atoms with Gasteiger partial charge >= 0.3 is 6.03 Å². The number of amides is 2. The molecule has 1 saturated heterocycles. The average Bonchev–Trinajstić information content (AvgIpc) is 2.68. The Kier molecular flexibility index (Phi) is 5.33. The summed E-state index contributed by atoms with van der Waals surface area (Å²) in [5.41, 5.74) is 8.40. The SMILES string of the molecule is [N-]=[N+]=NC1CCN(C(=O)NC2CCCCCC2)CC1. The summed E-state index contributed by atoms with van der Waals surface area (Å²) in [6.45, 7) is 1.39. The number of hydrogen-bond acceptors (Lipinski definition) is 2. The molecule has 1 saturated carbocycles. The van der Waals surface area contributed by atoms with E-state index in [4.69, 9.17) is 5.53 Å². The highest BCUT2D eigenvalue weighted by Gasteiger charge is 2.23. The highest BCUT2D eigenvalue weighted by molar-refractivity contribution is 5.74. The Hall–Kier alpha value is -1.42. The predicted octanol–water partition coefficient (Wildman–Crippen LogP) is 3.19. The minimum absolute atomic E-state index is 0.0614. The van der Waals surface area contributed by atoms with Crippen LogP contribution in [0.1, 0.15) is 51.4 Å². The molecule has 2 rings (SSSR count). The van der Waals surface area contributed by atoms with Gasteiger partial charge in [-0.25, -0.2) is 4.79 Å². The van der Waals surface area contributed by atoms with Gasteiger partial charge in [-0.3, -0.25) is 0 Å². The fraction of sp³-hybridized carbons (Fsp3) is 0.923. The Morgan fingerprint density at radius 1 is 1.11 bits per heavy atom. The molecule has 0 aromatic carbocycles. The molecule has 0 atom stereocenters. The normalized spacial score (nSPS) is 22.4. The zero-order valence-electron chi connectivity index (χ0n) is 11.4. The summed E-state index contributed by atoms with van der Waals surface area (Å²) >= 11 is 0. The molecule has 6 nitrogen and oxygen atoms in total. The fourth-order valence-electron chi connectivity index (χ4n) is 2.95. The van der Waals surface area contributed by atoms with E-state index >= 15 is 0 Å². The third-order valence-electron chi connectivity index (χ3n) is 4.15. The number of azide groups is 1. The Morgan fingerprint density at radius 2 is 1.74 bits per heavy atom. The van der Waals surface area contributed by atoms with E-state index in [1.54, 1.807) is 0 Å². The maximum absolute atomic E-state index is 12.2. The standard InChI is InChI=1S/C13H23N5O/c14-17-16-12-7-9-18(10-8-12)13(19)15-11-5-3-1-2-4-6-11/h11-12H,1-10H2,(H,15,19). The number of nitrogens with zero attached hydrogens (tertiary/aromatic N) is 4. The van der Waals surface area contributed by atoms with Crippen molar-refractivity contribution in [1.82, 2.24) is 10.2 Å². The first-order valence-electron chi connectivity index (χ1n) is 7.39. The second-order valence-electron chi connectivity index (χ2n) is 5.56. The zero-order chi connectivity index (χ0) is 13.5. The smallest absolute Gasteiger partial charge is 0.317 e. The molecule has 2 aliphatic rings. The monoisotopic (exact) mass is 265 g/mol. The molecule has 0 unspecified atom stereocenters. The first-order chi connectivity index (χ1) is 9.29. The molecular formula is C13H23N5O. The maximum Gasteiger partial charge on any atom is 0.317 e. The minimum Gasteiger partial charge on any atom is -0.335 e. The molecular weight excluding hydrogens is 242 g/mol. The fourth-order valence-corrected chi connectivity index (χ4v) is 2.95. The molecule has 0 aromatic rings. The molecule has 1 heterocycles. The van der Waals surface area contributed by atoms with E-state index in [1.165, 1.54) is 25.7 Å². The van der Waals surface area contributed by atoms with E-state index in [0.717, 1.165) is 25.7 Å². The number of hydrogen-bond donors (Lipinski definition) is 1. The molecule has 106 valence electrons. The number of nitrogens with one attached hydrogen (secondary N) is 1. The van der Waals surface area contributed by atoms with Crippen molar-refractivity contribution in [3.8, 4) is 0 Å². The first kappa shape index (κ1) is 14.0. The Balaban J connectivity index is 1.75. The van der Waals surface area contributed by atoms with Gasteiger partial charge in [-0.1, -0.05) is 30.8 Å². The maximum atomic E-state index is 12.2. The van der Waals surface area contributed by atoms with Gasteiger partial charge in [-0.2, -0.15) is 0 Å². The van der Waals surface area contributed by atoms with E-state index in [-0.39, 0.29) is 12.1 Å². The van der Waals surface area contributed by atoms with Crippen molar-refractivity contribution in [1.29, 1.82) is 0 Å². The van der Waals surface area contributed by atoms with Crippen LogP contribution in [0.25, 0.3) is 10.4 Å². The molecule has 1 aliphatic heterocycles. The van der Waals surface area contributed by atoms with Crippen LogP contribution in [-0.2, 0) is 0 Å². The molecule has 1 aliphatic carbocycles. The molecule has 0 spiro atoms. The van der Waals surface area contributed by atoms with Crippen LogP contribution in [0.3, 0.4) is 0 Å². The lowest BCUT2D eigenvalue weighted by molar-refractivity contribution is 0.177. The Morgan fingerprint density at radius 3 is 2.32 bits per heavy atom. The van der Waals surface area contributed by atoms with Crippen LogP contribution < -0.4 is 5.32 Å². The Labute approximate surface area is 114 Å². The number of carbonyl (C=O) groups excluding carboxylic acids is 1. The van der Waals surface area contributed by atoms with Crippen LogP contribution in [0.15, 0.2) is 5.11 Å². The minimum atomic E-state index is 0.0614. The zero-order valence-corrected chi connectivity index (χ0v) is 11.4. The lowest BCUT2D eigenvalue weighted by Crippen LogP contribution is -2.48. The molecule has 0 aromatic heterocycles. The third-order valence-corrected chi connectivity index (χ3v) is 4.15. The van der Waals surface area contributed by atoms with Gasteiger partial charge in [0.2, 0.25) is 0 Å². The highest BCUT2D eigenvalue weighted by atomic mass is 16.2. The first-order valence-corrected chi connectivity index (χ1v) is 7.39. The molecule has 2 fully saturated rings. The number of rotatable bonds is 2. The van der Waals surface area contributed by atoms with E-state index in [9.17, 15) is 4.79 Å². The quantitative estimate of drug-likeness (QED) is 0.354. The second kappa shape index (κ2) is 7.24. The van der Waals surface area contributed by atoms with Gasteiger partial charge in [-0.15, -0.1) is 0 Å². The van der Waals surface area contributed by atoms with Crippen LogP contribution in [0.5, 0.6) is 0 Å². The van der Waals surface area contributed by atoms with E-state index < -0.39 is 0 Å². The second-order valence-corrected chi connectivity index (χ2v) is 5.56. The molecule has 19 heavy (non-hydrogen) atoms. The van der Waals surface area contributed by atoms with Crippen molar-refractivity contribution in [2.75, 3.05) is 13.1 Å². The summed E-state index contributed by atoms with van der Waals surface area (Å²) in [5, 5.41) is 6.89. The third kappa shape index (κ3) is 4.31. The van der Waals surface area contributed by atoms with Gasteiger partial charge in [0.1, 0.15) is 0 Å². The van der Waals surface area contributed by atoms with Crippen LogP contribution in [0.4, 0.5) is 4.79 Å². The van der Waals surface area contributed by atoms with Gasteiger partial charge in [-0.05, 0) is 31.2 Å².